The summed E-state index contributed by atoms with van der Waals surface area (Å²) in [7, 11) is 0. The number of halogens is 1. The Kier molecular flexibility index (Phi) is 4.50. The van der Waals surface area contributed by atoms with E-state index in [0.29, 0.717) is 5.82 Å². The zero-order chi connectivity index (χ0) is 14.5. The van der Waals surface area contributed by atoms with Crippen molar-refractivity contribution in [1.29, 1.82) is 0 Å². The first-order valence-corrected chi connectivity index (χ1v) is 6.67. The molecule has 1 heterocycles. The normalized spacial score (nSPS) is 10.6. The number of nitrogens with one attached hydrogen (secondary N) is 1. The van der Waals surface area contributed by atoms with Crippen LogP contribution >= 0.6 is 0 Å². The second-order valence-electron chi connectivity index (χ2n) is 4.75. The molecule has 0 aliphatic rings. The van der Waals surface area contributed by atoms with E-state index in [9.17, 15) is 9.18 Å². The van der Waals surface area contributed by atoms with Crippen molar-refractivity contribution in [3.05, 3.63) is 47.4 Å². The Morgan fingerprint density at radius 3 is 2.70 bits per heavy atom. The number of carbonyl (C=O) groups excluding carboxylic acids is 1. The first-order valence-electron chi connectivity index (χ1n) is 6.67. The standard InChI is InChI=1S/C15H18FN3O/c1-3-8-19-14(9-11(2)18-19)17-15(20)10-12-4-6-13(16)7-5-12/h4-7,9H,3,8,10H2,1-2H3,(H,17,20). The Morgan fingerprint density at radius 2 is 2.05 bits per heavy atom. The second kappa shape index (κ2) is 6.32. The lowest BCUT2D eigenvalue weighted by Gasteiger charge is -2.08. The Hall–Kier alpha value is -2.17. The Morgan fingerprint density at radius 1 is 1.35 bits per heavy atom. The predicted octanol–water partition coefficient (Wildman–Crippen LogP) is 2.92. The van der Waals surface area contributed by atoms with Crippen molar-refractivity contribution >= 4 is 11.7 Å². The molecule has 0 saturated heterocycles. The van der Waals surface area contributed by atoms with Gasteiger partial charge in [-0.05, 0) is 31.0 Å². The van der Waals surface area contributed by atoms with Gasteiger partial charge in [0.15, 0.2) is 0 Å². The smallest absolute Gasteiger partial charge is 0.229 e. The number of benzene rings is 1. The first-order chi connectivity index (χ1) is 9.58. The zero-order valence-corrected chi connectivity index (χ0v) is 11.7. The molecule has 0 bridgehead atoms. The van der Waals surface area contributed by atoms with E-state index >= 15 is 0 Å². The van der Waals surface area contributed by atoms with Crippen LogP contribution in [0.5, 0.6) is 0 Å². The lowest BCUT2D eigenvalue weighted by Crippen LogP contribution is -2.17. The summed E-state index contributed by atoms with van der Waals surface area (Å²) >= 11 is 0. The zero-order valence-electron chi connectivity index (χ0n) is 11.7. The van der Waals surface area contributed by atoms with E-state index in [4.69, 9.17) is 0 Å². The molecule has 2 rings (SSSR count). The highest BCUT2D eigenvalue weighted by Crippen LogP contribution is 2.12. The van der Waals surface area contributed by atoms with Crippen LogP contribution in [0.3, 0.4) is 0 Å². The molecule has 1 aromatic carbocycles. The van der Waals surface area contributed by atoms with Gasteiger partial charge >= 0.3 is 0 Å². The average molecular weight is 275 g/mol. The number of rotatable bonds is 5. The summed E-state index contributed by atoms with van der Waals surface area (Å²) in [5.41, 5.74) is 1.65. The summed E-state index contributed by atoms with van der Waals surface area (Å²) in [6, 6.07) is 7.79. The molecule has 1 N–H and O–H groups in total. The first kappa shape index (κ1) is 14.2. The molecule has 1 amide bonds. The van der Waals surface area contributed by atoms with E-state index in [0.717, 1.165) is 24.2 Å². The maximum atomic E-state index is 12.8. The highest BCUT2D eigenvalue weighted by Gasteiger charge is 2.09. The van der Waals surface area contributed by atoms with Crippen LogP contribution in [0.1, 0.15) is 24.6 Å². The fraction of sp³-hybridized carbons (Fsp3) is 0.333. The summed E-state index contributed by atoms with van der Waals surface area (Å²) in [5.74, 6) is 0.274. The highest BCUT2D eigenvalue weighted by atomic mass is 19.1. The quantitative estimate of drug-likeness (QED) is 0.912. The molecule has 0 spiro atoms. The fourth-order valence-electron chi connectivity index (χ4n) is 2.00. The lowest BCUT2D eigenvalue weighted by molar-refractivity contribution is -0.115. The van der Waals surface area contributed by atoms with E-state index in [1.807, 2.05) is 13.0 Å². The topological polar surface area (TPSA) is 46.9 Å². The Bertz CT molecular complexity index is 590. The predicted molar refractivity (Wildman–Crippen MR) is 76.0 cm³/mol. The molecular weight excluding hydrogens is 257 g/mol. The largest absolute Gasteiger partial charge is 0.311 e. The number of anilines is 1. The maximum Gasteiger partial charge on any atom is 0.229 e. The van der Waals surface area contributed by atoms with Gasteiger partial charge < -0.3 is 5.32 Å². The van der Waals surface area contributed by atoms with Gasteiger partial charge in [0.2, 0.25) is 5.91 Å². The molecule has 106 valence electrons. The van der Waals surface area contributed by atoms with E-state index in [-0.39, 0.29) is 18.1 Å². The van der Waals surface area contributed by atoms with Crippen LogP contribution < -0.4 is 5.32 Å². The van der Waals surface area contributed by atoms with Crippen molar-refractivity contribution in [2.75, 3.05) is 5.32 Å². The Labute approximate surface area is 117 Å². The van der Waals surface area contributed by atoms with Crippen LogP contribution in [0.2, 0.25) is 0 Å². The van der Waals surface area contributed by atoms with E-state index < -0.39 is 0 Å². The second-order valence-corrected chi connectivity index (χ2v) is 4.75. The number of amides is 1. The number of hydrogen-bond acceptors (Lipinski definition) is 2. The van der Waals surface area contributed by atoms with Gasteiger partial charge in [-0.25, -0.2) is 9.07 Å². The number of nitrogens with zero attached hydrogens (tertiary/aromatic N) is 2. The van der Waals surface area contributed by atoms with Gasteiger partial charge in [-0.15, -0.1) is 0 Å². The average Bonchev–Trinajstić information content (AvgIpc) is 2.73. The maximum absolute atomic E-state index is 12.8. The summed E-state index contributed by atoms with van der Waals surface area (Å²) in [5, 5.41) is 7.17. The van der Waals surface area contributed by atoms with E-state index in [1.54, 1.807) is 16.8 Å². The minimum absolute atomic E-state index is 0.131. The molecule has 2 aromatic rings. The van der Waals surface area contributed by atoms with Crippen LogP contribution in [0.25, 0.3) is 0 Å². The third-order valence-electron chi connectivity index (χ3n) is 2.88. The third-order valence-corrected chi connectivity index (χ3v) is 2.88. The molecule has 20 heavy (non-hydrogen) atoms. The molecule has 0 fully saturated rings. The van der Waals surface area contributed by atoms with E-state index in [1.165, 1.54) is 12.1 Å². The third kappa shape index (κ3) is 3.66. The lowest BCUT2D eigenvalue weighted by atomic mass is 10.1. The van der Waals surface area contributed by atoms with Gasteiger partial charge in [0.1, 0.15) is 11.6 Å². The van der Waals surface area contributed by atoms with Gasteiger partial charge in [-0.2, -0.15) is 5.10 Å². The van der Waals surface area contributed by atoms with Crippen molar-refractivity contribution in [2.45, 2.75) is 33.2 Å². The number of aryl methyl sites for hydroxylation is 2. The minimum Gasteiger partial charge on any atom is -0.311 e. The van der Waals surface area contributed by atoms with Gasteiger partial charge in [0.25, 0.3) is 0 Å². The number of carbonyl (C=O) groups is 1. The van der Waals surface area contributed by atoms with Crippen LogP contribution in [0.15, 0.2) is 30.3 Å². The van der Waals surface area contributed by atoms with Crippen LogP contribution in [0.4, 0.5) is 10.2 Å². The minimum atomic E-state index is -0.300. The SMILES string of the molecule is CCCn1nc(C)cc1NC(=O)Cc1ccc(F)cc1. The van der Waals surface area contributed by atoms with Gasteiger partial charge in [0.05, 0.1) is 12.1 Å². The summed E-state index contributed by atoms with van der Waals surface area (Å²) < 4.78 is 14.6. The van der Waals surface area contributed by atoms with Crippen molar-refractivity contribution in [2.24, 2.45) is 0 Å². The van der Waals surface area contributed by atoms with Gasteiger partial charge in [-0.3, -0.25) is 4.79 Å². The van der Waals surface area contributed by atoms with Crippen LogP contribution in [-0.4, -0.2) is 15.7 Å². The number of hydrogen-bond donors (Lipinski definition) is 1. The van der Waals surface area contributed by atoms with E-state index in [2.05, 4.69) is 17.3 Å². The van der Waals surface area contributed by atoms with Crippen molar-refractivity contribution in [1.82, 2.24) is 9.78 Å². The van der Waals surface area contributed by atoms with Gasteiger partial charge in [0, 0.05) is 12.6 Å². The molecule has 0 saturated carbocycles. The molecule has 5 heteroatoms. The number of aromatic nitrogens is 2. The molecule has 1 aromatic heterocycles. The monoisotopic (exact) mass is 275 g/mol. The molecule has 0 aliphatic heterocycles. The summed E-state index contributed by atoms with van der Waals surface area (Å²) in [4.78, 5) is 12.0. The van der Waals surface area contributed by atoms with Gasteiger partial charge in [-0.1, -0.05) is 19.1 Å². The molecule has 0 radical (unpaired) electrons. The van der Waals surface area contributed by atoms with Crippen LogP contribution in [0, 0.1) is 12.7 Å². The summed E-state index contributed by atoms with van der Waals surface area (Å²) in [6.45, 7) is 4.71. The molecule has 0 atom stereocenters. The van der Waals surface area contributed by atoms with Crippen molar-refractivity contribution in [3.8, 4) is 0 Å². The molecule has 4 nitrogen and oxygen atoms in total. The fourth-order valence-corrected chi connectivity index (χ4v) is 2.00. The molecular formula is C15H18FN3O. The molecule has 0 aliphatic carbocycles. The van der Waals surface area contributed by atoms with Crippen molar-refractivity contribution in [3.63, 3.8) is 0 Å². The van der Waals surface area contributed by atoms with Crippen LogP contribution in [-0.2, 0) is 17.8 Å². The Balaban J connectivity index is 2.02. The summed E-state index contributed by atoms with van der Waals surface area (Å²) in [6.07, 6.45) is 1.17. The molecule has 0 unspecified atom stereocenters. The van der Waals surface area contributed by atoms with Crippen molar-refractivity contribution < 1.29 is 9.18 Å². The highest BCUT2D eigenvalue weighted by molar-refractivity contribution is 5.91.